The van der Waals surface area contributed by atoms with Crippen molar-refractivity contribution in [2.24, 2.45) is 0 Å². The van der Waals surface area contributed by atoms with Crippen LogP contribution < -0.4 is 9.64 Å². The van der Waals surface area contributed by atoms with E-state index >= 15 is 0 Å². The second-order valence-electron chi connectivity index (χ2n) is 9.95. The van der Waals surface area contributed by atoms with Crippen molar-refractivity contribution in [3.63, 3.8) is 0 Å². The number of carbonyl (C=O) groups excluding carboxylic acids is 1. The van der Waals surface area contributed by atoms with Crippen LogP contribution in [-0.2, 0) is 28.0 Å². The highest BCUT2D eigenvalue weighted by Crippen LogP contribution is 2.38. The number of oxazole rings is 1. The Labute approximate surface area is 229 Å². The van der Waals surface area contributed by atoms with E-state index in [1.807, 2.05) is 18.2 Å². The number of rotatable bonds is 7. The number of aromatic nitrogens is 1. The van der Waals surface area contributed by atoms with Crippen LogP contribution in [0.15, 0.2) is 71.1 Å². The van der Waals surface area contributed by atoms with Crippen molar-refractivity contribution in [2.75, 3.05) is 4.90 Å². The number of aliphatic carboxylic acids is 1. The molecule has 0 aliphatic carbocycles. The fourth-order valence-electron chi connectivity index (χ4n) is 4.70. The molecule has 0 bridgehead atoms. The number of benzene rings is 3. The topological polar surface area (TPSA) is 92.9 Å². The molecule has 3 aromatic carbocycles. The van der Waals surface area contributed by atoms with Crippen molar-refractivity contribution < 1.29 is 28.2 Å². The Morgan fingerprint density at radius 3 is 2.67 bits per heavy atom. The van der Waals surface area contributed by atoms with Crippen LogP contribution in [0.5, 0.6) is 5.75 Å². The van der Waals surface area contributed by atoms with Crippen molar-refractivity contribution in [1.29, 1.82) is 0 Å². The number of anilines is 1. The van der Waals surface area contributed by atoms with Gasteiger partial charge in [0.05, 0.1) is 10.4 Å². The lowest BCUT2D eigenvalue weighted by Crippen LogP contribution is -2.50. The van der Waals surface area contributed by atoms with Crippen LogP contribution in [0.2, 0.25) is 5.02 Å². The Morgan fingerprint density at radius 1 is 1.15 bits per heavy atom. The summed E-state index contributed by atoms with van der Waals surface area (Å²) in [5, 5.41) is 9.85. The number of halogens is 2. The van der Waals surface area contributed by atoms with Crippen molar-refractivity contribution in [3.8, 4) is 17.2 Å². The fraction of sp³-hybridized carbons (Fsp3) is 0.233. The lowest BCUT2D eigenvalue weighted by atomic mass is 9.82. The quantitative estimate of drug-likeness (QED) is 0.289. The Bertz CT molecular complexity index is 1580. The van der Waals surface area contributed by atoms with E-state index in [-0.39, 0.29) is 29.8 Å². The van der Waals surface area contributed by atoms with E-state index in [1.165, 1.54) is 17.0 Å². The molecule has 0 saturated heterocycles. The molecule has 5 rings (SSSR count). The number of nitrogens with zero attached hydrogens (tertiary/aromatic N) is 2. The second-order valence-corrected chi connectivity index (χ2v) is 10.4. The van der Waals surface area contributed by atoms with Gasteiger partial charge in [0.1, 0.15) is 35.7 Å². The van der Waals surface area contributed by atoms with Gasteiger partial charge in [-0.1, -0.05) is 41.9 Å². The lowest BCUT2D eigenvalue weighted by molar-refractivity contribution is -0.140. The number of carboxylic acids is 1. The van der Waals surface area contributed by atoms with Gasteiger partial charge in [-0.2, -0.15) is 0 Å². The first kappa shape index (κ1) is 26.4. The molecule has 1 amide bonds. The van der Waals surface area contributed by atoms with Gasteiger partial charge in [0.25, 0.3) is 0 Å². The molecule has 200 valence electrons. The molecule has 39 heavy (non-hydrogen) atoms. The number of hydrogen-bond donors (Lipinski definition) is 1. The van der Waals surface area contributed by atoms with Gasteiger partial charge in [-0.25, -0.2) is 14.2 Å². The van der Waals surface area contributed by atoms with Crippen LogP contribution in [0.4, 0.5) is 10.1 Å². The standard InChI is InChI=1S/C30H26ClFN2O5/c1-17-24(33-27(39-17)19-11-12-22(31)23(32)13-19)16-38-21-9-6-8-20(15-21)30(2,3)29(37)34-25-10-5-4-7-18(25)14-26(34)28(35)36/h4-13,15,26H,14,16H2,1-3H3,(H,35,36)/t26-/m1/s1. The minimum absolute atomic E-state index is 0.0132. The molecule has 0 unspecified atom stereocenters. The van der Waals surface area contributed by atoms with Gasteiger partial charge in [0.15, 0.2) is 0 Å². The third-order valence-corrected chi connectivity index (χ3v) is 7.31. The number of fused-ring (bicyclic) bond motifs is 1. The minimum Gasteiger partial charge on any atom is -0.487 e. The van der Waals surface area contributed by atoms with Gasteiger partial charge in [-0.3, -0.25) is 9.69 Å². The maximum absolute atomic E-state index is 13.9. The van der Waals surface area contributed by atoms with E-state index in [1.54, 1.807) is 57.2 Å². The predicted molar refractivity (Wildman–Crippen MR) is 144 cm³/mol. The van der Waals surface area contributed by atoms with Gasteiger partial charge < -0.3 is 14.3 Å². The van der Waals surface area contributed by atoms with Gasteiger partial charge in [0.2, 0.25) is 11.8 Å². The smallest absolute Gasteiger partial charge is 0.327 e. The molecule has 1 aliphatic heterocycles. The Hall–Kier alpha value is -4.17. The molecule has 7 nitrogen and oxygen atoms in total. The normalized spacial score (nSPS) is 14.8. The van der Waals surface area contributed by atoms with E-state index in [2.05, 4.69) is 4.98 Å². The Morgan fingerprint density at radius 2 is 1.92 bits per heavy atom. The summed E-state index contributed by atoms with van der Waals surface area (Å²) in [6.07, 6.45) is 0.262. The maximum atomic E-state index is 13.9. The largest absolute Gasteiger partial charge is 0.487 e. The number of aryl methyl sites for hydroxylation is 1. The van der Waals surface area contributed by atoms with E-state index < -0.39 is 23.2 Å². The maximum Gasteiger partial charge on any atom is 0.327 e. The number of para-hydroxylation sites is 1. The summed E-state index contributed by atoms with van der Waals surface area (Å²) in [6, 6.07) is 17.7. The first-order valence-electron chi connectivity index (χ1n) is 12.4. The molecule has 1 N–H and O–H groups in total. The Balaban J connectivity index is 1.35. The second kappa shape index (κ2) is 10.2. The summed E-state index contributed by atoms with van der Waals surface area (Å²) in [7, 11) is 0. The number of carbonyl (C=O) groups is 2. The molecule has 0 radical (unpaired) electrons. The summed E-state index contributed by atoms with van der Waals surface area (Å²) < 4.78 is 25.6. The van der Waals surface area contributed by atoms with Crippen molar-refractivity contribution >= 4 is 29.2 Å². The SMILES string of the molecule is Cc1oc(-c2ccc(Cl)c(F)c2)nc1COc1cccc(C(C)(C)C(=O)N2c3ccccc3C[C@@H]2C(=O)O)c1. The van der Waals surface area contributed by atoms with E-state index in [4.69, 9.17) is 20.8 Å². The van der Waals surface area contributed by atoms with Gasteiger partial charge in [-0.15, -0.1) is 0 Å². The van der Waals surface area contributed by atoms with Crippen LogP contribution in [0.3, 0.4) is 0 Å². The monoisotopic (exact) mass is 548 g/mol. The molecule has 0 spiro atoms. The van der Waals surface area contributed by atoms with Crippen LogP contribution >= 0.6 is 11.6 Å². The van der Waals surface area contributed by atoms with Crippen molar-refractivity contribution in [1.82, 2.24) is 4.98 Å². The molecule has 2 heterocycles. The van der Waals surface area contributed by atoms with Crippen LogP contribution in [0.1, 0.15) is 36.4 Å². The third kappa shape index (κ3) is 5.00. The average molecular weight is 549 g/mol. The van der Waals surface area contributed by atoms with Crippen LogP contribution in [0, 0.1) is 12.7 Å². The van der Waals surface area contributed by atoms with Crippen LogP contribution in [-0.4, -0.2) is 28.0 Å². The summed E-state index contributed by atoms with van der Waals surface area (Å²) in [5.41, 5.74) is 2.08. The number of amides is 1. The average Bonchev–Trinajstić information content (AvgIpc) is 3.49. The number of hydrogen-bond acceptors (Lipinski definition) is 5. The molecule has 4 aromatic rings. The number of carboxylic acid groups (broad SMARTS) is 1. The van der Waals surface area contributed by atoms with Crippen molar-refractivity contribution in [2.45, 2.75) is 45.3 Å². The van der Waals surface area contributed by atoms with Crippen LogP contribution in [0.25, 0.3) is 11.5 Å². The lowest BCUT2D eigenvalue weighted by Gasteiger charge is -2.32. The molecule has 0 saturated carbocycles. The number of ether oxygens (including phenoxy) is 1. The third-order valence-electron chi connectivity index (χ3n) is 7.01. The van der Waals surface area contributed by atoms with Gasteiger partial charge in [-0.05, 0) is 68.3 Å². The molecule has 0 fully saturated rings. The summed E-state index contributed by atoms with van der Waals surface area (Å²) in [4.78, 5) is 31.7. The van der Waals surface area contributed by atoms with Gasteiger partial charge >= 0.3 is 5.97 Å². The summed E-state index contributed by atoms with van der Waals surface area (Å²) >= 11 is 5.77. The molecule has 1 aliphatic rings. The van der Waals surface area contributed by atoms with Crippen molar-refractivity contribution in [3.05, 3.63) is 100 Å². The van der Waals surface area contributed by atoms with Gasteiger partial charge in [0, 0.05) is 17.7 Å². The highest BCUT2D eigenvalue weighted by atomic mass is 35.5. The zero-order valence-electron chi connectivity index (χ0n) is 21.6. The zero-order valence-corrected chi connectivity index (χ0v) is 22.3. The van der Waals surface area contributed by atoms with E-state index in [0.717, 1.165) is 5.56 Å². The zero-order chi connectivity index (χ0) is 27.9. The highest BCUT2D eigenvalue weighted by molar-refractivity contribution is 6.30. The Kier molecular flexibility index (Phi) is 6.91. The summed E-state index contributed by atoms with van der Waals surface area (Å²) in [5.74, 6) is -0.642. The molecule has 1 aromatic heterocycles. The highest BCUT2D eigenvalue weighted by Gasteiger charge is 2.44. The fourth-order valence-corrected chi connectivity index (χ4v) is 4.82. The molecule has 1 atom stereocenters. The predicted octanol–water partition coefficient (Wildman–Crippen LogP) is 6.34. The molecular formula is C30H26ClFN2O5. The first-order valence-corrected chi connectivity index (χ1v) is 12.7. The minimum atomic E-state index is -1.05. The van der Waals surface area contributed by atoms with E-state index in [0.29, 0.717) is 34.0 Å². The van der Waals surface area contributed by atoms with E-state index in [9.17, 15) is 19.1 Å². The molecule has 9 heteroatoms. The molecular weight excluding hydrogens is 523 g/mol. The first-order chi connectivity index (χ1) is 18.6. The summed E-state index contributed by atoms with van der Waals surface area (Å²) in [6.45, 7) is 5.37.